The van der Waals surface area contributed by atoms with Crippen molar-refractivity contribution in [3.63, 3.8) is 0 Å². The Balaban J connectivity index is 2.41. The zero-order chi connectivity index (χ0) is 14.0. The number of hydrogen-bond donors (Lipinski definition) is 1. The summed E-state index contributed by atoms with van der Waals surface area (Å²) in [7, 11) is 3.64. The Morgan fingerprint density at radius 2 is 2.21 bits per heavy atom. The maximum atomic E-state index is 13.5. The van der Waals surface area contributed by atoms with E-state index in [2.05, 4.69) is 43.1 Å². The summed E-state index contributed by atoms with van der Waals surface area (Å²) in [5, 5.41) is 3.35. The van der Waals surface area contributed by atoms with E-state index < -0.39 is 0 Å². The van der Waals surface area contributed by atoms with Crippen LogP contribution >= 0.6 is 24.8 Å². The minimum Gasteiger partial charge on any atom is -0.285 e. The first-order chi connectivity index (χ1) is 8.97. The molecule has 1 fully saturated rings. The first kappa shape index (κ1) is 14.9. The molecule has 4 heteroatoms. The maximum absolute atomic E-state index is 13.5. The van der Waals surface area contributed by atoms with E-state index in [9.17, 15) is 4.39 Å². The predicted octanol–water partition coefficient (Wildman–Crippen LogP) is 4.57. The lowest BCUT2D eigenvalue weighted by molar-refractivity contribution is 0.546. The van der Waals surface area contributed by atoms with Crippen molar-refractivity contribution >= 4 is 36.3 Å². The molecule has 1 aliphatic rings. The zero-order valence-electron chi connectivity index (χ0n) is 11.2. The molecule has 1 aliphatic heterocycles. The van der Waals surface area contributed by atoms with E-state index in [0.717, 1.165) is 40.4 Å². The summed E-state index contributed by atoms with van der Waals surface area (Å²) in [6, 6.07) is 3.09. The van der Waals surface area contributed by atoms with Gasteiger partial charge in [0.15, 0.2) is 0 Å². The van der Waals surface area contributed by atoms with Crippen LogP contribution in [-0.2, 0) is 0 Å². The van der Waals surface area contributed by atoms with Crippen molar-refractivity contribution < 1.29 is 4.39 Å². The summed E-state index contributed by atoms with van der Waals surface area (Å²) in [6.45, 7) is 5.22. The summed E-state index contributed by atoms with van der Waals surface area (Å²) in [4.78, 5) is 0. The van der Waals surface area contributed by atoms with E-state index in [1.165, 1.54) is 11.6 Å². The van der Waals surface area contributed by atoms with Crippen LogP contribution in [0.3, 0.4) is 0 Å². The van der Waals surface area contributed by atoms with Gasteiger partial charge in [0.2, 0.25) is 0 Å². The predicted molar refractivity (Wildman–Crippen MR) is 86.5 cm³/mol. The van der Waals surface area contributed by atoms with E-state index in [1.807, 2.05) is 6.92 Å². The van der Waals surface area contributed by atoms with Crippen molar-refractivity contribution in [1.82, 2.24) is 5.32 Å². The van der Waals surface area contributed by atoms with E-state index in [-0.39, 0.29) is 5.82 Å². The van der Waals surface area contributed by atoms with Crippen LogP contribution in [0.5, 0.6) is 0 Å². The summed E-state index contributed by atoms with van der Waals surface area (Å²) >= 11 is 3.40. The Morgan fingerprint density at radius 1 is 1.47 bits per heavy atom. The average Bonchev–Trinajstić information content (AvgIpc) is 2.48. The fraction of sp³-hybridized carbons (Fsp3) is 0.400. The molecule has 2 rings (SSSR count). The fourth-order valence-electron chi connectivity index (χ4n) is 2.27. The van der Waals surface area contributed by atoms with Gasteiger partial charge in [0.25, 0.3) is 0 Å². The number of nitrogens with one attached hydrogen (secondary N) is 1. The van der Waals surface area contributed by atoms with Gasteiger partial charge in [-0.15, -0.1) is 8.86 Å². The SMILES string of the molecule is Cc1c(Br)cc(F)cc1/C=C1\CC(C)CCNC1=P. The minimum absolute atomic E-state index is 0.213. The molecule has 1 unspecified atom stereocenters. The summed E-state index contributed by atoms with van der Waals surface area (Å²) in [6.07, 6.45) is 4.22. The molecule has 1 aromatic rings. The molecule has 0 bridgehead atoms. The molecule has 1 heterocycles. The molecular formula is C15H18BrFNP. The molecule has 102 valence electrons. The summed E-state index contributed by atoms with van der Waals surface area (Å²) < 4.78 is 14.3. The van der Waals surface area contributed by atoms with Gasteiger partial charge in [0.05, 0.1) is 0 Å². The molecule has 19 heavy (non-hydrogen) atoms. The molecule has 0 aromatic heterocycles. The maximum Gasteiger partial charge on any atom is 0.124 e. The molecule has 1 nitrogen and oxygen atoms in total. The Bertz CT molecular complexity index is 539. The second kappa shape index (κ2) is 6.30. The van der Waals surface area contributed by atoms with Crippen molar-refractivity contribution in [1.29, 1.82) is 0 Å². The van der Waals surface area contributed by atoms with Crippen LogP contribution in [0.1, 0.15) is 30.9 Å². The van der Waals surface area contributed by atoms with Crippen molar-refractivity contribution in [2.45, 2.75) is 26.7 Å². The molecular weight excluding hydrogens is 324 g/mol. The molecule has 0 saturated carbocycles. The summed E-state index contributed by atoms with van der Waals surface area (Å²) in [5.41, 5.74) is 4.20. The van der Waals surface area contributed by atoms with E-state index >= 15 is 0 Å². The fourth-order valence-corrected chi connectivity index (χ4v) is 3.02. The van der Waals surface area contributed by atoms with E-state index in [0.29, 0.717) is 5.92 Å². The summed E-state index contributed by atoms with van der Waals surface area (Å²) in [5.74, 6) is 0.416. The van der Waals surface area contributed by atoms with Crippen LogP contribution in [0.25, 0.3) is 6.08 Å². The van der Waals surface area contributed by atoms with Crippen molar-refractivity contribution in [3.8, 4) is 0 Å². The van der Waals surface area contributed by atoms with Crippen LogP contribution in [0.4, 0.5) is 4.39 Å². The number of benzene rings is 1. The van der Waals surface area contributed by atoms with Crippen LogP contribution < -0.4 is 5.32 Å². The highest BCUT2D eigenvalue weighted by molar-refractivity contribution is 9.10. The highest BCUT2D eigenvalue weighted by Crippen LogP contribution is 2.26. The first-order valence-electron chi connectivity index (χ1n) is 6.46. The lowest BCUT2D eigenvalue weighted by Gasteiger charge is -2.11. The molecule has 0 spiro atoms. The van der Waals surface area contributed by atoms with Gasteiger partial charge in [-0.25, -0.2) is 4.39 Å². The molecule has 1 aromatic carbocycles. The second-order valence-electron chi connectivity index (χ2n) is 5.17. The van der Waals surface area contributed by atoms with Crippen molar-refractivity contribution in [3.05, 3.63) is 39.1 Å². The van der Waals surface area contributed by atoms with Gasteiger partial charge in [-0.3, -0.25) is 5.32 Å². The first-order valence-corrected chi connectivity index (χ1v) is 7.75. The van der Waals surface area contributed by atoms with Crippen LogP contribution in [0.15, 0.2) is 22.2 Å². The average molecular weight is 342 g/mol. The van der Waals surface area contributed by atoms with Gasteiger partial charge in [-0.1, -0.05) is 22.9 Å². The Kier molecular flexibility index (Phi) is 4.94. The number of rotatable bonds is 1. The molecule has 1 saturated heterocycles. The van der Waals surface area contributed by atoms with Gasteiger partial charge in [0.1, 0.15) is 5.82 Å². The minimum atomic E-state index is -0.213. The molecule has 1 atom stereocenters. The van der Waals surface area contributed by atoms with Crippen molar-refractivity contribution in [2.24, 2.45) is 5.92 Å². The van der Waals surface area contributed by atoms with E-state index in [1.54, 1.807) is 6.07 Å². The number of hydrogen-bond acceptors (Lipinski definition) is 0. The Labute approximate surface area is 124 Å². The van der Waals surface area contributed by atoms with Crippen LogP contribution in [0.2, 0.25) is 0 Å². The van der Waals surface area contributed by atoms with Gasteiger partial charge >= 0.3 is 0 Å². The monoisotopic (exact) mass is 341 g/mol. The van der Waals surface area contributed by atoms with Crippen LogP contribution in [-0.4, -0.2) is 12.0 Å². The molecule has 0 radical (unpaired) electrons. The van der Waals surface area contributed by atoms with Gasteiger partial charge in [-0.2, -0.15) is 0 Å². The van der Waals surface area contributed by atoms with Crippen LogP contribution in [0, 0.1) is 18.7 Å². The highest BCUT2D eigenvalue weighted by Gasteiger charge is 2.15. The normalized spacial score (nSPS) is 22.6. The quantitative estimate of drug-likeness (QED) is 0.737. The standard InChI is InChI=1S/C15H18BrFNP/c1-9-3-4-18-15(19)12(5-9)6-11-7-13(17)8-14(16)10(11)2/h6-9,18-19H,3-5H2,1-2H3/b12-6+. The smallest absolute Gasteiger partial charge is 0.124 e. The molecule has 0 aliphatic carbocycles. The number of halogens is 2. The zero-order valence-corrected chi connectivity index (χ0v) is 13.8. The lowest BCUT2D eigenvalue weighted by atomic mass is 9.97. The van der Waals surface area contributed by atoms with Gasteiger partial charge < -0.3 is 0 Å². The lowest BCUT2D eigenvalue weighted by Crippen LogP contribution is -2.21. The third-order valence-electron chi connectivity index (χ3n) is 3.51. The molecule has 0 amide bonds. The Hall–Kier alpha value is -0.500. The second-order valence-corrected chi connectivity index (χ2v) is 6.53. The van der Waals surface area contributed by atoms with E-state index in [4.69, 9.17) is 0 Å². The topological polar surface area (TPSA) is 12.0 Å². The van der Waals surface area contributed by atoms with Gasteiger partial charge in [-0.05, 0) is 60.6 Å². The Morgan fingerprint density at radius 3 is 2.95 bits per heavy atom. The largest absolute Gasteiger partial charge is 0.285 e. The highest BCUT2D eigenvalue weighted by atomic mass is 79.9. The van der Waals surface area contributed by atoms with Gasteiger partial charge in [0, 0.05) is 16.4 Å². The third kappa shape index (κ3) is 3.75. The molecule has 1 N–H and O–H groups in total. The third-order valence-corrected chi connectivity index (χ3v) is 4.83. The van der Waals surface area contributed by atoms with Crippen molar-refractivity contribution in [2.75, 3.05) is 6.54 Å².